The summed E-state index contributed by atoms with van der Waals surface area (Å²) in [5.74, 6) is -0.414. The van der Waals surface area contributed by atoms with Crippen molar-refractivity contribution in [1.82, 2.24) is 0 Å². The molecule has 0 bridgehead atoms. The molecule has 0 saturated carbocycles. The van der Waals surface area contributed by atoms with Gasteiger partial charge in [0.25, 0.3) is 0 Å². The van der Waals surface area contributed by atoms with E-state index in [2.05, 4.69) is 0 Å². The van der Waals surface area contributed by atoms with Gasteiger partial charge in [-0.25, -0.2) is 4.39 Å². The summed E-state index contributed by atoms with van der Waals surface area (Å²) in [6.07, 6.45) is -0.931. The summed E-state index contributed by atoms with van der Waals surface area (Å²) in [6.45, 7) is 0. The molecule has 2 aromatic rings. The van der Waals surface area contributed by atoms with E-state index in [9.17, 15) is 9.50 Å². The van der Waals surface area contributed by atoms with E-state index in [4.69, 9.17) is 11.6 Å². The number of aliphatic hydroxyl groups is 1. The summed E-state index contributed by atoms with van der Waals surface area (Å²) in [6, 6.07) is 11.4. The second-order valence-electron chi connectivity index (χ2n) is 4.55. The number of anilines is 1. The largest absolute Gasteiger partial charge is 0.384 e. The lowest BCUT2D eigenvalue weighted by Gasteiger charge is -2.16. The average Bonchev–Trinajstić information content (AvgIpc) is 2.41. The van der Waals surface area contributed by atoms with Crippen LogP contribution in [0, 0.1) is 5.82 Å². The fraction of sp³-hybridized carbons (Fsp3) is 0.200. The van der Waals surface area contributed by atoms with Crippen molar-refractivity contribution < 1.29 is 9.50 Å². The van der Waals surface area contributed by atoms with Gasteiger partial charge in [-0.3, -0.25) is 0 Å². The number of aliphatic hydroxyl groups excluding tert-OH is 1. The third-order valence-electron chi connectivity index (χ3n) is 2.98. The molecule has 0 aliphatic rings. The second kappa shape index (κ2) is 5.59. The first kappa shape index (κ1) is 13.8. The minimum absolute atomic E-state index is 0.352. The van der Waals surface area contributed by atoms with Gasteiger partial charge in [-0.05, 0) is 35.9 Å². The Balaban J connectivity index is 2.33. The smallest absolute Gasteiger partial charge is 0.123 e. The fourth-order valence-corrected chi connectivity index (χ4v) is 2.08. The monoisotopic (exact) mass is 279 g/mol. The Labute approximate surface area is 117 Å². The van der Waals surface area contributed by atoms with Crippen molar-refractivity contribution in [1.29, 1.82) is 0 Å². The quantitative estimate of drug-likeness (QED) is 0.927. The minimum Gasteiger partial charge on any atom is -0.384 e. The fourth-order valence-electron chi connectivity index (χ4n) is 1.86. The highest BCUT2D eigenvalue weighted by Gasteiger charge is 2.14. The van der Waals surface area contributed by atoms with Gasteiger partial charge >= 0.3 is 0 Å². The SMILES string of the molecule is CN(C)c1ccc(C(O)c2cc(F)ccc2Cl)cc1. The van der Waals surface area contributed by atoms with Gasteiger partial charge in [0.2, 0.25) is 0 Å². The summed E-state index contributed by atoms with van der Waals surface area (Å²) in [4.78, 5) is 1.96. The van der Waals surface area contributed by atoms with E-state index in [-0.39, 0.29) is 0 Å². The van der Waals surface area contributed by atoms with Crippen molar-refractivity contribution in [2.75, 3.05) is 19.0 Å². The molecule has 4 heteroatoms. The zero-order chi connectivity index (χ0) is 14.0. The molecule has 1 atom stereocenters. The van der Waals surface area contributed by atoms with Gasteiger partial charge in [-0.15, -0.1) is 0 Å². The van der Waals surface area contributed by atoms with E-state index < -0.39 is 11.9 Å². The molecule has 0 aliphatic carbocycles. The van der Waals surface area contributed by atoms with Gasteiger partial charge in [0, 0.05) is 30.4 Å². The van der Waals surface area contributed by atoms with Gasteiger partial charge in [-0.2, -0.15) is 0 Å². The number of benzene rings is 2. The summed E-state index contributed by atoms with van der Waals surface area (Å²) in [5.41, 5.74) is 2.08. The lowest BCUT2D eigenvalue weighted by atomic mass is 10.0. The lowest BCUT2D eigenvalue weighted by Crippen LogP contribution is -2.09. The number of halogens is 2. The molecule has 0 fully saturated rings. The summed E-state index contributed by atoms with van der Waals surface area (Å²) >= 11 is 5.99. The first-order valence-electron chi connectivity index (χ1n) is 5.89. The summed E-state index contributed by atoms with van der Waals surface area (Å²) in [7, 11) is 3.88. The maximum Gasteiger partial charge on any atom is 0.123 e. The summed E-state index contributed by atoms with van der Waals surface area (Å²) < 4.78 is 13.2. The normalized spacial score (nSPS) is 12.3. The maximum absolute atomic E-state index is 13.2. The number of nitrogens with zero attached hydrogens (tertiary/aromatic N) is 1. The van der Waals surface area contributed by atoms with Crippen LogP contribution in [0.15, 0.2) is 42.5 Å². The molecule has 1 N–H and O–H groups in total. The minimum atomic E-state index is -0.931. The lowest BCUT2D eigenvalue weighted by molar-refractivity contribution is 0.220. The van der Waals surface area contributed by atoms with Crippen LogP contribution in [-0.4, -0.2) is 19.2 Å². The van der Waals surface area contributed by atoms with Crippen LogP contribution >= 0.6 is 11.6 Å². The molecule has 2 rings (SSSR count). The second-order valence-corrected chi connectivity index (χ2v) is 4.96. The van der Waals surface area contributed by atoms with Crippen LogP contribution in [0.1, 0.15) is 17.2 Å². The van der Waals surface area contributed by atoms with E-state index in [0.29, 0.717) is 16.1 Å². The van der Waals surface area contributed by atoms with Gasteiger partial charge in [0.1, 0.15) is 11.9 Å². The molecule has 0 radical (unpaired) electrons. The molecule has 2 nitrogen and oxygen atoms in total. The highest BCUT2D eigenvalue weighted by molar-refractivity contribution is 6.31. The Morgan fingerprint density at radius 3 is 2.32 bits per heavy atom. The third-order valence-corrected chi connectivity index (χ3v) is 3.32. The van der Waals surface area contributed by atoms with Crippen molar-refractivity contribution in [3.63, 3.8) is 0 Å². The van der Waals surface area contributed by atoms with Gasteiger partial charge in [0.05, 0.1) is 0 Å². The average molecular weight is 280 g/mol. The van der Waals surface area contributed by atoms with Crippen LogP contribution in [0.2, 0.25) is 5.02 Å². The molecular formula is C15H15ClFNO. The zero-order valence-corrected chi connectivity index (χ0v) is 11.5. The molecule has 0 aromatic heterocycles. The van der Waals surface area contributed by atoms with Crippen LogP contribution < -0.4 is 4.90 Å². The van der Waals surface area contributed by atoms with E-state index in [1.165, 1.54) is 18.2 Å². The maximum atomic E-state index is 13.2. The highest BCUT2D eigenvalue weighted by Crippen LogP contribution is 2.29. The molecule has 0 spiro atoms. The predicted molar refractivity (Wildman–Crippen MR) is 76.2 cm³/mol. The topological polar surface area (TPSA) is 23.5 Å². The predicted octanol–water partition coefficient (Wildman–Crippen LogP) is 3.63. The van der Waals surface area contributed by atoms with Crippen LogP contribution in [0.4, 0.5) is 10.1 Å². The zero-order valence-electron chi connectivity index (χ0n) is 10.8. The van der Waals surface area contributed by atoms with Crippen molar-refractivity contribution in [2.45, 2.75) is 6.10 Å². The molecular weight excluding hydrogens is 265 g/mol. The molecule has 100 valence electrons. The Morgan fingerprint density at radius 1 is 1.11 bits per heavy atom. The molecule has 0 heterocycles. The standard InChI is InChI=1S/C15H15ClFNO/c1-18(2)12-6-3-10(4-7-12)15(19)13-9-11(17)5-8-14(13)16/h3-9,15,19H,1-2H3. The van der Waals surface area contributed by atoms with Crippen molar-refractivity contribution >= 4 is 17.3 Å². The van der Waals surface area contributed by atoms with Crippen LogP contribution in [-0.2, 0) is 0 Å². The van der Waals surface area contributed by atoms with Crippen LogP contribution in [0.25, 0.3) is 0 Å². The van der Waals surface area contributed by atoms with Gasteiger partial charge < -0.3 is 10.0 Å². The molecule has 0 amide bonds. The van der Waals surface area contributed by atoms with Crippen molar-refractivity contribution in [2.24, 2.45) is 0 Å². The Kier molecular flexibility index (Phi) is 4.08. The van der Waals surface area contributed by atoms with Crippen LogP contribution in [0.5, 0.6) is 0 Å². The first-order chi connectivity index (χ1) is 8.99. The first-order valence-corrected chi connectivity index (χ1v) is 6.27. The molecule has 0 aliphatic heterocycles. The van der Waals surface area contributed by atoms with E-state index in [1.54, 1.807) is 12.1 Å². The number of hydrogen-bond acceptors (Lipinski definition) is 2. The highest BCUT2D eigenvalue weighted by atomic mass is 35.5. The van der Waals surface area contributed by atoms with E-state index in [1.807, 2.05) is 31.1 Å². The molecule has 0 saturated heterocycles. The Hall–Kier alpha value is -1.58. The van der Waals surface area contributed by atoms with E-state index in [0.717, 1.165) is 5.69 Å². The Bertz CT molecular complexity index is 569. The third kappa shape index (κ3) is 3.06. The number of rotatable bonds is 3. The van der Waals surface area contributed by atoms with Gasteiger partial charge in [-0.1, -0.05) is 23.7 Å². The molecule has 2 aromatic carbocycles. The van der Waals surface area contributed by atoms with Crippen molar-refractivity contribution in [3.05, 3.63) is 64.4 Å². The Morgan fingerprint density at radius 2 is 1.74 bits per heavy atom. The summed E-state index contributed by atoms with van der Waals surface area (Å²) in [5, 5.41) is 10.6. The van der Waals surface area contributed by atoms with Crippen molar-refractivity contribution in [3.8, 4) is 0 Å². The van der Waals surface area contributed by atoms with E-state index >= 15 is 0 Å². The van der Waals surface area contributed by atoms with Crippen LogP contribution in [0.3, 0.4) is 0 Å². The number of hydrogen-bond donors (Lipinski definition) is 1. The molecule has 1 unspecified atom stereocenters. The van der Waals surface area contributed by atoms with Gasteiger partial charge in [0.15, 0.2) is 0 Å². The molecule has 19 heavy (non-hydrogen) atoms.